The molecule has 0 bridgehead atoms. The van der Waals surface area contributed by atoms with Crippen molar-refractivity contribution in [2.45, 2.75) is 39.8 Å². The number of imidazole rings is 1. The van der Waals surface area contributed by atoms with E-state index < -0.39 is 0 Å². The van der Waals surface area contributed by atoms with Gasteiger partial charge in [0.2, 0.25) is 0 Å². The molecule has 4 rings (SSSR count). The maximum absolute atomic E-state index is 12.3. The number of rotatable bonds is 11. The minimum Gasteiger partial charge on any atom is -0.457 e. The van der Waals surface area contributed by atoms with E-state index in [2.05, 4.69) is 25.2 Å². The van der Waals surface area contributed by atoms with Crippen molar-refractivity contribution < 1.29 is 14.3 Å². The molecule has 0 saturated heterocycles. The molecule has 0 unspecified atom stereocenters. The molecule has 9 heteroatoms. The summed E-state index contributed by atoms with van der Waals surface area (Å²) in [5, 5.41) is 5.76. The number of carbonyl (C=O) groups excluding carboxylic acids is 1. The Balaban J connectivity index is 1.25. The number of aromatic nitrogens is 3. The third-order valence-corrected chi connectivity index (χ3v) is 5.68. The van der Waals surface area contributed by atoms with Crippen LogP contribution in [0.25, 0.3) is 11.0 Å². The lowest BCUT2D eigenvalue weighted by molar-refractivity contribution is 0.126. The van der Waals surface area contributed by atoms with Crippen molar-refractivity contribution >= 4 is 28.6 Å². The molecule has 0 aliphatic rings. The van der Waals surface area contributed by atoms with Gasteiger partial charge in [-0.1, -0.05) is 18.2 Å². The second-order valence-electron chi connectivity index (χ2n) is 8.37. The summed E-state index contributed by atoms with van der Waals surface area (Å²) in [4.78, 5) is 21.2. The van der Waals surface area contributed by atoms with Crippen LogP contribution < -0.4 is 21.1 Å². The summed E-state index contributed by atoms with van der Waals surface area (Å²) in [6, 6.07) is 16.6. The number of hydrogen-bond donors (Lipinski definition) is 3. The largest absolute Gasteiger partial charge is 0.457 e. The lowest BCUT2D eigenvalue weighted by Gasteiger charge is -2.12. The standard InChI is InChI=1S/C27H32N6O3/c1-3-35-18-23-32-24-25(19(2)17-30-26(24)28)33(23)16-8-7-15-29-27(34)31-20-11-13-22(14-12-20)36-21-9-5-4-6-10-21/h4-6,9-14,17H,3,7-8,15-16,18H2,1-2H3,(H2,28,30)(H2,29,31,34). The minimum absolute atomic E-state index is 0.244. The molecule has 0 fully saturated rings. The fourth-order valence-corrected chi connectivity index (χ4v) is 3.91. The fourth-order valence-electron chi connectivity index (χ4n) is 3.91. The van der Waals surface area contributed by atoms with Crippen LogP contribution in [0.1, 0.15) is 31.2 Å². The van der Waals surface area contributed by atoms with Gasteiger partial charge < -0.3 is 30.4 Å². The molecular formula is C27H32N6O3. The van der Waals surface area contributed by atoms with Crippen molar-refractivity contribution in [2.24, 2.45) is 0 Å². The normalized spacial score (nSPS) is 10.9. The monoisotopic (exact) mass is 488 g/mol. The van der Waals surface area contributed by atoms with Crippen LogP contribution in [0.5, 0.6) is 11.5 Å². The predicted octanol–water partition coefficient (Wildman–Crippen LogP) is 5.25. The summed E-state index contributed by atoms with van der Waals surface area (Å²) < 4.78 is 13.5. The van der Waals surface area contributed by atoms with Crippen LogP contribution >= 0.6 is 0 Å². The zero-order chi connectivity index (χ0) is 25.3. The first-order valence-corrected chi connectivity index (χ1v) is 12.1. The van der Waals surface area contributed by atoms with E-state index in [9.17, 15) is 4.79 Å². The molecule has 0 aliphatic carbocycles. The van der Waals surface area contributed by atoms with Gasteiger partial charge in [0.25, 0.3) is 0 Å². The Labute approximate surface area is 210 Å². The first kappa shape index (κ1) is 25.0. The van der Waals surface area contributed by atoms with Crippen molar-refractivity contribution in [1.82, 2.24) is 19.9 Å². The molecule has 0 spiro atoms. The van der Waals surface area contributed by atoms with Crippen molar-refractivity contribution in [3.8, 4) is 11.5 Å². The van der Waals surface area contributed by atoms with E-state index in [1.165, 1.54) is 0 Å². The number of ether oxygens (including phenoxy) is 2. The molecule has 2 amide bonds. The number of pyridine rings is 1. The van der Waals surface area contributed by atoms with Crippen LogP contribution in [-0.4, -0.2) is 33.7 Å². The first-order chi connectivity index (χ1) is 17.5. The van der Waals surface area contributed by atoms with E-state index in [0.717, 1.165) is 42.0 Å². The molecule has 0 atom stereocenters. The van der Waals surface area contributed by atoms with E-state index >= 15 is 0 Å². The minimum atomic E-state index is -0.244. The molecule has 188 valence electrons. The molecule has 9 nitrogen and oxygen atoms in total. The smallest absolute Gasteiger partial charge is 0.319 e. The Kier molecular flexibility index (Phi) is 8.36. The lowest BCUT2D eigenvalue weighted by atomic mass is 10.2. The van der Waals surface area contributed by atoms with E-state index in [0.29, 0.717) is 42.5 Å². The van der Waals surface area contributed by atoms with Crippen LogP contribution in [0, 0.1) is 6.92 Å². The molecular weight excluding hydrogens is 456 g/mol. The van der Waals surface area contributed by atoms with Gasteiger partial charge in [-0.3, -0.25) is 0 Å². The average molecular weight is 489 g/mol. The van der Waals surface area contributed by atoms with Crippen LogP contribution in [-0.2, 0) is 17.9 Å². The zero-order valence-corrected chi connectivity index (χ0v) is 20.7. The highest BCUT2D eigenvalue weighted by atomic mass is 16.5. The SMILES string of the molecule is CCOCc1nc2c(N)ncc(C)c2n1CCCCNC(=O)Nc1ccc(Oc2ccccc2)cc1. The number of carbonyl (C=O) groups is 1. The number of unbranched alkanes of at least 4 members (excludes halogenated alkanes) is 1. The summed E-state index contributed by atoms with van der Waals surface area (Å²) in [6.07, 6.45) is 3.44. The number of nitrogens with two attached hydrogens (primary N) is 1. The Hall–Kier alpha value is -4.11. The van der Waals surface area contributed by atoms with E-state index in [4.69, 9.17) is 15.2 Å². The molecule has 2 heterocycles. The van der Waals surface area contributed by atoms with Gasteiger partial charge in [-0.05, 0) is 68.7 Å². The molecule has 2 aromatic carbocycles. The van der Waals surface area contributed by atoms with E-state index in [-0.39, 0.29) is 6.03 Å². The van der Waals surface area contributed by atoms with Gasteiger partial charge in [0, 0.05) is 31.6 Å². The lowest BCUT2D eigenvalue weighted by Crippen LogP contribution is -2.29. The summed E-state index contributed by atoms with van der Waals surface area (Å²) in [6.45, 7) is 6.28. The van der Waals surface area contributed by atoms with Crippen molar-refractivity contribution in [1.29, 1.82) is 0 Å². The van der Waals surface area contributed by atoms with Crippen molar-refractivity contribution in [3.05, 3.63) is 72.2 Å². The highest BCUT2D eigenvalue weighted by Crippen LogP contribution is 2.25. The van der Waals surface area contributed by atoms with Crippen molar-refractivity contribution in [3.63, 3.8) is 0 Å². The average Bonchev–Trinajstić information content (AvgIpc) is 3.26. The Morgan fingerprint density at radius 3 is 2.56 bits per heavy atom. The van der Waals surface area contributed by atoms with E-state index in [1.54, 1.807) is 6.20 Å². The third-order valence-electron chi connectivity index (χ3n) is 5.68. The zero-order valence-electron chi connectivity index (χ0n) is 20.7. The number of anilines is 2. The maximum atomic E-state index is 12.3. The number of fused-ring (bicyclic) bond motifs is 1. The molecule has 2 aromatic heterocycles. The highest BCUT2D eigenvalue weighted by molar-refractivity contribution is 5.89. The molecule has 4 aromatic rings. The maximum Gasteiger partial charge on any atom is 0.319 e. The van der Waals surface area contributed by atoms with Gasteiger partial charge in [-0.2, -0.15) is 0 Å². The number of aryl methyl sites for hydroxylation is 2. The summed E-state index contributed by atoms with van der Waals surface area (Å²) >= 11 is 0. The first-order valence-electron chi connectivity index (χ1n) is 12.1. The molecule has 0 saturated carbocycles. The second-order valence-corrected chi connectivity index (χ2v) is 8.37. The van der Waals surface area contributed by atoms with Gasteiger partial charge >= 0.3 is 6.03 Å². The Morgan fingerprint density at radius 1 is 1.06 bits per heavy atom. The molecule has 4 N–H and O–H groups in total. The number of amides is 2. The molecule has 36 heavy (non-hydrogen) atoms. The highest BCUT2D eigenvalue weighted by Gasteiger charge is 2.15. The topological polar surface area (TPSA) is 116 Å². The number of nitrogens with one attached hydrogen (secondary N) is 2. The van der Waals surface area contributed by atoms with Crippen LogP contribution in [0.2, 0.25) is 0 Å². The van der Waals surface area contributed by atoms with Gasteiger partial charge in [0.15, 0.2) is 5.82 Å². The van der Waals surface area contributed by atoms with Gasteiger partial charge in [0.1, 0.15) is 29.4 Å². The number of nitrogens with zero attached hydrogens (tertiary/aromatic N) is 3. The van der Waals surface area contributed by atoms with Crippen LogP contribution in [0.15, 0.2) is 60.8 Å². The summed E-state index contributed by atoms with van der Waals surface area (Å²) in [7, 11) is 0. The number of hydrogen-bond acceptors (Lipinski definition) is 6. The van der Waals surface area contributed by atoms with Crippen molar-refractivity contribution in [2.75, 3.05) is 24.2 Å². The Bertz CT molecular complexity index is 1290. The fraction of sp³-hybridized carbons (Fsp3) is 0.296. The summed E-state index contributed by atoms with van der Waals surface area (Å²) in [5.41, 5.74) is 9.48. The number of benzene rings is 2. The quantitative estimate of drug-likeness (QED) is 0.248. The third kappa shape index (κ3) is 6.31. The second kappa shape index (κ2) is 12.0. The Morgan fingerprint density at radius 2 is 1.81 bits per heavy atom. The van der Waals surface area contributed by atoms with E-state index in [1.807, 2.05) is 68.4 Å². The van der Waals surface area contributed by atoms with Gasteiger partial charge in [0.05, 0.1) is 5.52 Å². The van der Waals surface area contributed by atoms with Crippen LogP contribution in [0.3, 0.4) is 0 Å². The number of nitrogen functional groups attached to an aromatic ring is 1. The molecule has 0 radical (unpaired) electrons. The number of para-hydroxylation sites is 1. The predicted molar refractivity (Wildman–Crippen MR) is 141 cm³/mol. The summed E-state index contributed by atoms with van der Waals surface area (Å²) in [5.74, 6) is 2.72. The van der Waals surface area contributed by atoms with Gasteiger partial charge in [-0.15, -0.1) is 0 Å². The van der Waals surface area contributed by atoms with Gasteiger partial charge in [-0.25, -0.2) is 14.8 Å². The molecule has 0 aliphatic heterocycles. The number of urea groups is 1. The van der Waals surface area contributed by atoms with Crippen LogP contribution in [0.4, 0.5) is 16.3 Å².